The molecule has 1 fully saturated rings. The third kappa shape index (κ3) is 1.55. The quantitative estimate of drug-likeness (QED) is 0.868. The van der Waals surface area contributed by atoms with Crippen molar-refractivity contribution < 1.29 is 9.52 Å². The van der Waals surface area contributed by atoms with Gasteiger partial charge in [0.25, 0.3) is 0 Å². The highest BCUT2D eigenvalue weighted by Crippen LogP contribution is 2.45. The van der Waals surface area contributed by atoms with E-state index in [1.54, 1.807) is 0 Å². The van der Waals surface area contributed by atoms with Gasteiger partial charge in [0, 0.05) is 5.92 Å². The van der Waals surface area contributed by atoms with Crippen LogP contribution in [0.2, 0.25) is 0 Å². The van der Waals surface area contributed by atoms with E-state index in [2.05, 4.69) is 22.9 Å². The summed E-state index contributed by atoms with van der Waals surface area (Å²) in [5.74, 6) is 1.81. The van der Waals surface area contributed by atoms with Crippen molar-refractivity contribution in [1.82, 2.24) is 0 Å². The van der Waals surface area contributed by atoms with E-state index >= 15 is 0 Å². The Balaban J connectivity index is 2.11. The monoisotopic (exact) mass is 244 g/mol. The molecule has 1 N–H and O–H groups in total. The first kappa shape index (κ1) is 9.28. The van der Waals surface area contributed by atoms with Gasteiger partial charge in [-0.15, -0.1) is 0 Å². The van der Waals surface area contributed by atoms with Crippen LogP contribution in [0.15, 0.2) is 21.2 Å². The molecule has 3 heteroatoms. The Kier molecular flexibility index (Phi) is 2.47. The zero-order chi connectivity index (χ0) is 9.42. The van der Waals surface area contributed by atoms with E-state index in [0.29, 0.717) is 11.8 Å². The minimum Gasteiger partial charge on any atom is -0.454 e. The normalized spacial score (nSPS) is 33.0. The van der Waals surface area contributed by atoms with Gasteiger partial charge in [0.2, 0.25) is 0 Å². The van der Waals surface area contributed by atoms with Gasteiger partial charge in [0.15, 0.2) is 4.67 Å². The van der Waals surface area contributed by atoms with Crippen LogP contribution in [0.1, 0.15) is 31.4 Å². The van der Waals surface area contributed by atoms with Crippen molar-refractivity contribution in [3.05, 3.63) is 22.6 Å². The van der Waals surface area contributed by atoms with Crippen LogP contribution in [0, 0.1) is 5.92 Å². The second kappa shape index (κ2) is 3.46. The molecule has 1 aromatic heterocycles. The Labute approximate surface area is 86.1 Å². The van der Waals surface area contributed by atoms with Crippen LogP contribution in [-0.2, 0) is 0 Å². The maximum Gasteiger partial charge on any atom is 0.169 e. The van der Waals surface area contributed by atoms with E-state index in [1.165, 1.54) is 0 Å². The van der Waals surface area contributed by atoms with E-state index in [1.807, 2.05) is 12.1 Å². The lowest BCUT2D eigenvalue weighted by molar-refractivity contribution is -0.00810. The molecule has 3 atom stereocenters. The molecule has 1 aromatic rings. The standard InChI is InChI=1S/C10H13BrO2/c1-2-6-7(5-8(6)12)9-3-4-10(11)13-9/h3-4,6-8,12H,2,5H2,1H3. The highest BCUT2D eigenvalue weighted by Gasteiger charge is 2.41. The van der Waals surface area contributed by atoms with E-state index in [9.17, 15) is 5.11 Å². The number of furan rings is 1. The molecule has 0 bridgehead atoms. The summed E-state index contributed by atoms with van der Waals surface area (Å²) in [6, 6.07) is 3.90. The van der Waals surface area contributed by atoms with Crippen LogP contribution in [0.5, 0.6) is 0 Å². The molecule has 2 rings (SSSR count). The maximum absolute atomic E-state index is 9.49. The highest BCUT2D eigenvalue weighted by molar-refractivity contribution is 9.10. The average molecular weight is 245 g/mol. The van der Waals surface area contributed by atoms with Gasteiger partial charge in [-0.05, 0) is 40.4 Å². The van der Waals surface area contributed by atoms with Gasteiger partial charge in [-0.25, -0.2) is 0 Å². The summed E-state index contributed by atoms with van der Waals surface area (Å²) < 4.78 is 6.25. The van der Waals surface area contributed by atoms with Crippen molar-refractivity contribution in [3.63, 3.8) is 0 Å². The Bertz CT molecular complexity index is 295. The summed E-state index contributed by atoms with van der Waals surface area (Å²) in [4.78, 5) is 0. The molecule has 0 amide bonds. The zero-order valence-electron chi connectivity index (χ0n) is 7.53. The molecular weight excluding hydrogens is 232 g/mol. The van der Waals surface area contributed by atoms with Gasteiger partial charge in [-0.2, -0.15) is 0 Å². The zero-order valence-corrected chi connectivity index (χ0v) is 9.12. The lowest BCUT2D eigenvalue weighted by Gasteiger charge is -2.39. The van der Waals surface area contributed by atoms with Crippen molar-refractivity contribution in [1.29, 1.82) is 0 Å². The topological polar surface area (TPSA) is 33.4 Å². The molecule has 0 aromatic carbocycles. The Hall–Kier alpha value is -0.280. The van der Waals surface area contributed by atoms with Crippen LogP contribution in [0.4, 0.5) is 0 Å². The van der Waals surface area contributed by atoms with Gasteiger partial charge in [-0.1, -0.05) is 13.3 Å². The van der Waals surface area contributed by atoms with E-state index in [4.69, 9.17) is 4.42 Å². The first-order valence-electron chi connectivity index (χ1n) is 4.65. The lowest BCUT2D eigenvalue weighted by atomic mass is 9.68. The molecule has 1 heterocycles. The Morgan fingerprint density at radius 1 is 1.62 bits per heavy atom. The summed E-state index contributed by atoms with van der Waals surface area (Å²) in [6.07, 6.45) is 1.74. The fourth-order valence-electron chi connectivity index (χ4n) is 2.09. The number of hydrogen-bond donors (Lipinski definition) is 1. The van der Waals surface area contributed by atoms with Crippen LogP contribution >= 0.6 is 15.9 Å². The number of halogens is 1. The molecule has 2 nitrogen and oxygen atoms in total. The second-order valence-corrected chi connectivity index (χ2v) is 4.41. The molecule has 13 heavy (non-hydrogen) atoms. The molecule has 0 saturated heterocycles. The molecule has 1 aliphatic rings. The summed E-state index contributed by atoms with van der Waals surface area (Å²) >= 11 is 3.28. The smallest absolute Gasteiger partial charge is 0.169 e. The number of aliphatic hydroxyl groups is 1. The predicted octanol–water partition coefficient (Wildman–Crippen LogP) is 2.92. The van der Waals surface area contributed by atoms with Crippen molar-refractivity contribution in [2.75, 3.05) is 0 Å². The SMILES string of the molecule is CCC1C(O)CC1c1ccc(Br)o1. The molecule has 1 aliphatic carbocycles. The van der Waals surface area contributed by atoms with E-state index in [0.717, 1.165) is 23.3 Å². The summed E-state index contributed by atoms with van der Waals surface area (Å²) in [6.45, 7) is 2.11. The first-order valence-corrected chi connectivity index (χ1v) is 5.45. The molecule has 3 unspecified atom stereocenters. The lowest BCUT2D eigenvalue weighted by Crippen LogP contribution is -2.38. The van der Waals surface area contributed by atoms with Gasteiger partial charge < -0.3 is 9.52 Å². The van der Waals surface area contributed by atoms with Gasteiger partial charge >= 0.3 is 0 Å². The number of aliphatic hydroxyl groups excluding tert-OH is 1. The molecule has 0 radical (unpaired) electrons. The van der Waals surface area contributed by atoms with Crippen molar-refractivity contribution in [2.24, 2.45) is 5.92 Å². The van der Waals surface area contributed by atoms with Gasteiger partial charge in [0.05, 0.1) is 6.10 Å². The summed E-state index contributed by atoms with van der Waals surface area (Å²) in [7, 11) is 0. The fraction of sp³-hybridized carbons (Fsp3) is 0.600. The fourth-order valence-corrected chi connectivity index (χ4v) is 2.41. The van der Waals surface area contributed by atoms with Crippen molar-refractivity contribution in [2.45, 2.75) is 31.8 Å². The largest absolute Gasteiger partial charge is 0.454 e. The molecule has 72 valence electrons. The molecule has 1 saturated carbocycles. The van der Waals surface area contributed by atoms with Crippen LogP contribution in [0.25, 0.3) is 0 Å². The summed E-state index contributed by atoms with van der Waals surface area (Å²) in [5, 5.41) is 9.49. The Morgan fingerprint density at radius 2 is 2.38 bits per heavy atom. The van der Waals surface area contributed by atoms with Crippen LogP contribution in [-0.4, -0.2) is 11.2 Å². The Morgan fingerprint density at radius 3 is 2.85 bits per heavy atom. The predicted molar refractivity (Wildman–Crippen MR) is 53.6 cm³/mol. The maximum atomic E-state index is 9.49. The van der Waals surface area contributed by atoms with Crippen LogP contribution < -0.4 is 0 Å². The third-order valence-electron chi connectivity index (χ3n) is 2.94. The molecule has 0 spiro atoms. The number of rotatable bonds is 2. The van der Waals surface area contributed by atoms with Gasteiger partial charge in [-0.3, -0.25) is 0 Å². The van der Waals surface area contributed by atoms with Crippen molar-refractivity contribution in [3.8, 4) is 0 Å². The first-order chi connectivity index (χ1) is 6.22. The van der Waals surface area contributed by atoms with Crippen molar-refractivity contribution >= 4 is 15.9 Å². The average Bonchev–Trinajstić information content (AvgIpc) is 2.48. The van der Waals surface area contributed by atoms with Gasteiger partial charge in [0.1, 0.15) is 5.76 Å². The highest BCUT2D eigenvalue weighted by atomic mass is 79.9. The number of hydrogen-bond acceptors (Lipinski definition) is 2. The minimum absolute atomic E-state index is 0.126. The second-order valence-electron chi connectivity index (χ2n) is 3.62. The molecule has 0 aliphatic heterocycles. The van der Waals surface area contributed by atoms with Crippen LogP contribution in [0.3, 0.4) is 0 Å². The summed E-state index contributed by atoms with van der Waals surface area (Å²) in [5.41, 5.74) is 0. The van der Waals surface area contributed by atoms with E-state index in [-0.39, 0.29) is 6.10 Å². The molecular formula is C10H13BrO2. The third-order valence-corrected chi connectivity index (χ3v) is 3.36. The van der Waals surface area contributed by atoms with E-state index < -0.39 is 0 Å². The minimum atomic E-state index is -0.126.